The van der Waals surface area contributed by atoms with Gasteiger partial charge in [0.05, 0.1) is 16.9 Å². The molecular weight excluding hydrogens is 469 g/mol. The zero-order chi connectivity index (χ0) is 23.0. The van der Waals surface area contributed by atoms with Gasteiger partial charge in [0.1, 0.15) is 16.6 Å². The molecule has 0 spiro atoms. The van der Waals surface area contributed by atoms with Crippen molar-refractivity contribution >= 4 is 51.4 Å². The largest absolute Gasteiger partial charge is 0.444 e. The number of pyridine rings is 1. The molecule has 1 aromatic heterocycles. The first kappa shape index (κ1) is 24.0. The first-order valence-corrected chi connectivity index (χ1v) is 12.1. The van der Waals surface area contributed by atoms with Gasteiger partial charge in [0.15, 0.2) is 0 Å². The lowest BCUT2D eigenvalue weighted by atomic mass is 10.2. The quantitative estimate of drug-likeness (QED) is 0.367. The van der Waals surface area contributed by atoms with E-state index in [0.29, 0.717) is 19.3 Å². The van der Waals surface area contributed by atoms with Gasteiger partial charge in [0.25, 0.3) is 0 Å². The Morgan fingerprint density at radius 1 is 1.32 bits per heavy atom. The highest BCUT2D eigenvalue weighted by molar-refractivity contribution is 7.89. The molecule has 2 aliphatic rings. The minimum Gasteiger partial charge on any atom is -0.444 e. The fourth-order valence-electron chi connectivity index (χ4n) is 3.70. The molecule has 0 aliphatic carbocycles. The number of nitrogens with one attached hydrogen (secondary N) is 1. The Bertz CT molecular complexity index is 941. The molecule has 31 heavy (non-hydrogen) atoms. The number of ether oxygens (including phenoxy) is 1. The monoisotopic (exact) mass is 493 g/mol. The van der Waals surface area contributed by atoms with Crippen molar-refractivity contribution in [1.82, 2.24) is 19.6 Å². The summed E-state index contributed by atoms with van der Waals surface area (Å²) in [6.45, 7) is 5.72. The minimum absolute atomic E-state index is 0.140. The van der Waals surface area contributed by atoms with Gasteiger partial charge in [0, 0.05) is 25.2 Å². The Balaban J connectivity index is 1.65. The van der Waals surface area contributed by atoms with E-state index in [-0.39, 0.29) is 41.0 Å². The average Bonchev–Trinajstić information content (AvgIpc) is 2.92. The lowest BCUT2D eigenvalue weighted by Crippen LogP contribution is -2.59. The Morgan fingerprint density at radius 2 is 1.94 bits per heavy atom. The molecule has 2 saturated heterocycles. The molecule has 172 valence electrons. The summed E-state index contributed by atoms with van der Waals surface area (Å²) in [4.78, 5) is 29.5. The van der Waals surface area contributed by atoms with Crippen LogP contribution in [0.3, 0.4) is 0 Å². The Labute approximate surface area is 191 Å². The number of fused-ring (bicyclic) bond motifs is 2. The van der Waals surface area contributed by atoms with Crippen molar-refractivity contribution in [2.75, 3.05) is 24.0 Å². The topological polar surface area (TPSA) is 112 Å². The first-order chi connectivity index (χ1) is 14.4. The summed E-state index contributed by atoms with van der Waals surface area (Å²) < 4.78 is 32.6. The van der Waals surface area contributed by atoms with Crippen molar-refractivity contribution < 1.29 is 22.7 Å². The van der Waals surface area contributed by atoms with E-state index < -0.39 is 27.6 Å². The molecule has 0 radical (unpaired) electrons. The van der Waals surface area contributed by atoms with E-state index in [0.717, 1.165) is 5.01 Å². The predicted octanol–water partition coefficient (Wildman–Crippen LogP) is 2.23. The second kappa shape index (κ2) is 9.07. The molecule has 3 rings (SSSR count). The normalized spacial score (nSPS) is 21.8. The van der Waals surface area contributed by atoms with Crippen molar-refractivity contribution in [2.45, 2.75) is 51.3 Å². The number of anilines is 1. The predicted molar refractivity (Wildman–Crippen MR) is 116 cm³/mol. The number of nitrogens with zero attached hydrogens (tertiary/aromatic N) is 4. The fourth-order valence-corrected chi connectivity index (χ4v) is 5.44. The van der Waals surface area contributed by atoms with Gasteiger partial charge in [-0.25, -0.2) is 28.6 Å². The Morgan fingerprint density at radius 3 is 2.45 bits per heavy atom. The molecule has 2 bridgehead atoms. The maximum atomic E-state index is 12.9. The zero-order valence-corrected chi connectivity index (χ0v) is 19.7. The molecule has 2 amide bonds. The van der Waals surface area contributed by atoms with Crippen molar-refractivity contribution in [1.29, 1.82) is 0 Å². The van der Waals surface area contributed by atoms with Crippen LogP contribution in [0.5, 0.6) is 0 Å². The van der Waals surface area contributed by atoms with Crippen LogP contribution in [0.15, 0.2) is 12.3 Å². The molecule has 3 heterocycles. The van der Waals surface area contributed by atoms with Crippen LogP contribution in [0.1, 0.15) is 33.6 Å². The first-order valence-electron chi connectivity index (χ1n) is 9.69. The minimum atomic E-state index is -3.77. The molecular formula is C18H25Cl2N5O5S. The summed E-state index contributed by atoms with van der Waals surface area (Å²) in [7, 11) is -3.77. The molecule has 2 aliphatic heterocycles. The number of hydrogen-bond acceptors (Lipinski definition) is 7. The van der Waals surface area contributed by atoms with E-state index in [4.69, 9.17) is 27.9 Å². The summed E-state index contributed by atoms with van der Waals surface area (Å²) >= 11 is 11.8. The number of piperazine rings is 1. The van der Waals surface area contributed by atoms with E-state index in [1.807, 2.05) is 0 Å². The third-order valence-electron chi connectivity index (χ3n) is 5.03. The van der Waals surface area contributed by atoms with Crippen molar-refractivity contribution in [3.8, 4) is 0 Å². The van der Waals surface area contributed by atoms with Crippen molar-refractivity contribution in [3.63, 3.8) is 0 Å². The number of hydrazine groups is 1. The number of carbonyl (C=O) groups is 2. The Hall–Kier alpha value is -1.66. The number of halogens is 2. The van der Waals surface area contributed by atoms with Crippen molar-refractivity contribution in [2.24, 2.45) is 0 Å². The molecule has 13 heteroatoms. The molecule has 0 aromatic carbocycles. The number of rotatable bonds is 6. The lowest BCUT2D eigenvalue weighted by molar-refractivity contribution is -0.108. The van der Waals surface area contributed by atoms with Gasteiger partial charge in [-0.2, -0.15) is 4.31 Å². The highest BCUT2D eigenvalue weighted by atomic mass is 35.5. The Kier molecular flexibility index (Phi) is 7.02. The van der Waals surface area contributed by atoms with Crippen LogP contribution in [-0.4, -0.2) is 71.8 Å². The molecule has 0 saturated carbocycles. The van der Waals surface area contributed by atoms with Gasteiger partial charge in [-0.05, 0) is 39.7 Å². The average molecular weight is 494 g/mol. The summed E-state index contributed by atoms with van der Waals surface area (Å²) in [5.41, 5.74) is 2.11. The fraction of sp³-hybridized carbons (Fsp3) is 0.611. The van der Waals surface area contributed by atoms with E-state index >= 15 is 0 Å². The zero-order valence-electron chi connectivity index (χ0n) is 17.4. The van der Waals surface area contributed by atoms with E-state index in [9.17, 15) is 18.0 Å². The molecule has 1 N–H and O–H groups in total. The van der Waals surface area contributed by atoms with E-state index in [1.54, 1.807) is 25.7 Å². The maximum absolute atomic E-state index is 12.9. The highest BCUT2D eigenvalue weighted by Crippen LogP contribution is 2.33. The van der Waals surface area contributed by atoms with E-state index in [1.165, 1.54) is 16.6 Å². The second-order valence-electron chi connectivity index (χ2n) is 8.44. The van der Waals surface area contributed by atoms with Gasteiger partial charge in [-0.1, -0.05) is 23.2 Å². The smallest absolute Gasteiger partial charge is 0.410 e. The standard InChI is InChI=1S/C18H25Cl2N5O5S/c1-18(2,3)30-17(27)25-12-4-5-13(25)9-23(8-12)31(28,29)10-22-24(11-26)15-7-21-16(20)6-14(15)19/h6-7,11-13,22H,4-5,8-10H2,1-3H3. The number of carbonyl (C=O) groups excluding carboxylic acids is 2. The third kappa shape index (κ3) is 5.58. The number of aromatic nitrogens is 1. The van der Waals surface area contributed by atoms with E-state index in [2.05, 4.69) is 10.4 Å². The van der Waals surface area contributed by atoms with Crippen LogP contribution in [0.25, 0.3) is 0 Å². The summed E-state index contributed by atoms with van der Waals surface area (Å²) in [6, 6.07) is 0.847. The van der Waals surface area contributed by atoms with Gasteiger partial charge in [-0.15, -0.1) is 0 Å². The van der Waals surface area contributed by atoms with Crippen LogP contribution in [0.4, 0.5) is 10.5 Å². The van der Waals surface area contributed by atoms with Gasteiger partial charge >= 0.3 is 6.09 Å². The highest BCUT2D eigenvalue weighted by Gasteiger charge is 2.47. The van der Waals surface area contributed by atoms with Gasteiger partial charge in [0.2, 0.25) is 16.4 Å². The van der Waals surface area contributed by atoms with Crippen LogP contribution in [-0.2, 0) is 19.6 Å². The molecule has 2 fully saturated rings. The lowest BCUT2D eigenvalue weighted by Gasteiger charge is -2.40. The van der Waals surface area contributed by atoms with Crippen LogP contribution < -0.4 is 10.4 Å². The maximum Gasteiger partial charge on any atom is 0.410 e. The third-order valence-corrected chi connectivity index (χ3v) is 7.12. The van der Waals surface area contributed by atoms with Crippen LogP contribution >= 0.6 is 23.2 Å². The number of amides is 2. The van der Waals surface area contributed by atoms with Crippen molar-refractivity contribution in [3.05, 3.63) is 22.4 Å². The molecule has 2 atom stereocenters. The number of sulfonamides is 1. The molecule has 1 aromatic rings. The molecule has 10 nitrogen and oxygen atoms in total. The SMILES string of the molecule is CC(C)(C)OC(=O)N1C2CCC1CN(S(=O)(=O)CNN(C=O)c1cnc(Cl)cc1Cl)C2. The number of hydrogen-bond donors (Lipinski definition) is 1. The summed E-state index contributed by atoms with van der Waals surface area (Å²) in [5.74, 6) is -0.531. The molecule has 2 unspecified atom stereocenters. The van der Waals surface area contributed by atoms with Crippen LogP contribution in [0, 0.1) is 0 Å². The summed E-state index contributed by atoms with van der Waals surface area (Å²) in [5, 5.41) is 1.22. The second-order valence-corrected chi connectivity index (χ2v) is 11.2. The van der Waals surface area contributed by atoms with Gasteiger partial charge < -0.3 is 4.74 Å². The van der Waals surface area contributed by atoms with Crippen LogP contribution in [0.2, 0.25) is 10.2 Å². The summed E-state index contributed by atoms with van der Waals surface area (Å²) in [6.07, 6.45) is 2.65. The van der Waals surface area contributed by atoms with Gasteiger partial charge in [-0.3, -0.25) is 9.69 Å².